The predicted octanol–water partition coefficient (Wildman–Crippen LogP) is 2.79. The summed E-state index contributed by atoms with van der Waals surface area (Å²) in [5.41, 5.74) is 0. The summed E-state index contributed by atoms with van der Waals surface area (Å²) in [4.78, 5) is 13.6. The highest BCUT2D eigenvalue weighted by atomic mass is 16.4. The molecule has 1 heterocycles. The summed E-state index contributed by atoms with van der Waals surface area (Å²) >= 11 is 0. The van der Waals surface area contributed by atoms with Gasteiger partial charge in [-0.2, -0.15) is 0 Å². The quantitative estimate of drug-likeness (QED) is 0.381. The van der Waals surface area contributed by atoms with Gasteiger partial charge in [0.15, 0.2) is 6.10 Å². The summed E-state index contributed by atoms with van der Waals surface area (Å²) in [7, 11) is 0. The lowest BCUT2D eigenvalue weighted by Gasteiger charge is -2.08. The van der Waals surface area contributed by atoms with Gasteiger partial charge in [0.25, 0.3) is 5.82 Å². The number of aliphatic hydroxyl groups is 1. The zero-order chi connectivity index (χ0) is 17.6. The van der Waals surface area contributed by atoms with Gasteiger partial charge in [-0.3, -0.25) is 0 Å². The van der Waals surface area contributed by atoms with E-state index in [4.69, 9.17) is 0 Å². The number of nitrogens with one attached hydrogen (secondary N) is 1. The van der Waals surface area contributed by atoms with Crippen molar-refractivity contribution in [3.8, 4) is 0 Å². The molecule has 0 aliphatic rings. The predicted molar refractivity (Wildman–Crippen MR) is 92.0 cm³/mol. The summed E-state index contributed by atoms with van der Waals surface area (Å²) < 4.78 is 1.50. The van der Waals surface area contributed by atoms with Crippen molar-refractivity contribution in [1.82, 2.24) is 4.98 Å². The molecular weight excluding hydrogens is 304 g/mol. The van der Waals surface area contributed by atoms with E-state index in [1.165, 1.54) is 62.4 Å². The lowest BCUT2D eigenvalue weighted by Crippen LogP contribution is -2.46. The first-order valence-corrected chi connectivity index (χ1v) is 9.59. The number of aromatic nitrogens is 2. The number of imidazole rings is 1. The number of hydrogen-bond acceptors (Lipinski definition) is 3. The van der Waals surface area contributed by atoms with Crippen LogP contribution in [0.2, 0.25) is 0 Å². The average Bonchev–Trinajstić information content (AvgIpc) is 2.99. The Labute approximate surface area is 146 Å². The summed E-state index contributed by atoms with van der Waals surface area (Å²) in [6.45, 7) is 2.02. The fourth-order valence-electron chi connectivity index (χ4n) is 3.08. The Balaban J connectivity index is 2.03. The fourth-order valence-corrected chi connectivity index (χ4v) is 3.08. The molecule has 0 aromatic carbocycles. The van der Waals surface area contributed by atoms with E-state index in [1.807, 2.05) is 0 Å². The van der Waals surface area contributed by atoms with E-state index < -0.39 is 12.1 Å². The van der Waals surface area contributed by atoms with Crippen LogP contribution >= 0.6 is 0 Å². The third kappa shape index (κ3) is 9.06. The lowest BCUT2D eigenvalue weighted by molar-refractivity contribution is -0.700. The first kappa shape index (κ1) is 20.7. The molecule has 1 rings (SSSR count). The van der Waals surface area contributed by atoms with E-state index in [9.17, 15) is 15.0 Å². The second-order valence-corrected chi connectivity index (χ2v) is 6.69. The Kier molecular flexibility index (Phi) is 11.2. The van der Waals surface area contributed by atoms with Gasteiger partial charge in [-0.15, -0.1) is 0 Å². The Morgan fingerprint density at radius 2 is 1.62 bits per heavy atom. The highest BCUT2D eigenvalue weighted by Crippen LogP contribution is 2.17. The number of carbonyl (C=O) groups is 1. The van der Waals surface area contributed by atoms with Crippen molar-refractivity contribution < 1.29 is 19.6 Å². The van der Waals surface area contributed by atoms with Gasteiger partial charge in [-0.25, -0.2) is 9.55 Å². The molecule has 138 valence electrons. The van der Waals surface area contributed by atoms with Gasteiger partial charge in [0, 0.05) is 0 Å². The van der Waals surface area contributed by atoms with Crippen LogP contribution in [0.25, 0.3) is 0 Å². The minimum atomic E-state index is -1.15. The van der Waals surface area contributed by atoms with Gasteiger partial charge in [-0.05, 0) is 6.42 Å². The van der Waals surface area contributed by atoms with Crippen molar-refractivity contribution in [1.29, 1.82) is 0 Å². The topological polar surface area (TPSA) is 80.0 Å². The molecule has 5 heteroatoms. The second-order valence-electron chi connectivity index (χ2n) is 6.69. The van der Waals surface area contributed by atoms with Gasteiger partial charge >= 0.3 is 0 Å². The number of H-pyrrole nitrogens is 1. The molecule has 0 saturated carbocycles. The van der Waals surface area contributed by atoms with Crippen LogP contribution in [-0.4, -0.2) is 16.1 Å². The average molecular weight is 338 g/mol. The van der Waals surface area contributed by atoms with Crippen molar-refractivity contribution in [2.45, 2.75) is 96.6 Å². The molecule has 5 nitrogen and oxygen atoms in total. The Morgan fingerprint density at radius 3 is 2.17 bits per heavy atom. The molecule has 0 amide bonds. The minimum Gasteiger partial charge on any atom is -0.546 e. The maximum absolute atomic E-state index is 10.7. The number of rotatable bonds is 15. The van der Waals surface area contributed by atoms with Crippen LogP contribution in [0.3, 0.4) is 0 Å². The smallest absolute Gasteiger partial charge is 0.283 e. The van der Waals surface area contributed by atoms with Crippen LogP contribution in [0.15, 0.2) is 12.4 Å². The van der Waals surface area contributed by atoms with Crippen molar-refractivity contribution >= 4 is 5.97 Å². The lowest BCUT2D eigenvalue weighted by atomic mass is 10.0. The summed E-state index contributed by atoms with van der Waals surface area (Å²) in [5, 5.41) is 20.9. The molecule has 0 fully saturated rings. The first-order chi connectivity index (χ1) is 11.6. The van der Waals surface area contributed by atoms with E-state index in [-0.39, 0.29) is 6.54 Å². The van der Waals surface area contributed by atoms with Gasteiger partial charge in [0.1, 0.15) is 18.9 Å². The number of nitrogens with zero attached hydrogens (tertiary/aromatic N) is 1. The van der Waals surface area contributed by atoms with Crippen LogP contribution in [0, 0.1) is 0 Å². The monoisotopic (exact) mass is 338 g/mol. The molecule has 0 spiro atoms. The second kappa shape index (κ2) is 13.0. The van der Waals surface area contributed by atoms with E-state index >= 15 is 0 Å². The van der Waals surface area contributed by atoms with Gasteiger partial charge in [0.2, 0.25) is 0 Å². The van der Waals surface area contributed by atoms with Crippen LogP contribution < -0.4 is 9.67 Å². The molecule has 1 atom stereocenters. The molecule has 0 aliphatic carbocycles. The normalized spacial score (nSPS) is 12.4. The summed E-state index contributed by atoms with van der Waals surface area (Å²) in [6.07, 6.45) is 17.3. The van der Waals surface area contributed by atoms with Crippen LogP contribution in [-0.2, 0) is 11.3 Å². The molecule has 0 radical (unpaired) electrons. The maximum Gasteiger partial charge on any atom is 0.283 e. The van der Waals surface area contributed by atoms with Crippen molar-refractivity contribution in [3.63, 3.8) is 0 Å². The molecule has 24 heavy (non-hydrogen) atoms. The molecule has 0 aliphatic heterocycles. The third-order valence-electron chi connectivity index (χ3n) is 4.49. The van der Waals surface area contributed by atoms with E-state index in [0.717, 1.165) is 12.8 Å². The molecule has 1 aromatic heterocycles. The Hall–Kier alpha value is -1.36. The number of carboxylic acids is 1. The number of carbonyl (C=O) groups excluding carboxylic acids is 1. The molecule has 0 saturated heterocycles. The van der Waals surface area contributed by atoms with E-state index in [1.54, 1.807) is 12.4 Å². The maximum atomic E-state index is 10.7. The zero-order valence-corrected chi connectivity index (χ0v) is 15.1. The standard InChI is InChI=1S/C19H34N2O3/c1-2-3-4-5-6-7-8-9-10-11-12-13-17(22)19-20-14-15-21(19)16-18(23)24/h14-15,17,22H,2-13,16H2,1H3,(H,23,24). The molecule has 2 N–H and O–H groups in total. The van der Waals surface area contributed by atoms with Crippen molar-refractivity contribution in [3.05, 3.63) is 18.2 Å². The Bertz CT molecular complexity index is 446. The molecule has 1 unspecified atom stereocenters. The number of aliphatic carboxylic acids is 1. The highest BCUT2D eigenvalue weighted by Gasteiger charge is 2.19. The molecule has 0 bridgehead atoms. The fraction of sp³-hybridized carbons (Fsp3) is 0.789. The van der Waals surface area contributed by atoms with E-state index in [2.05, 4.69) is 11.9 Å². The van der Waals surface area contributed by atoms with E-state index in [0.29, 0.717) is 12.2 Å². The van der Waals surface area contributed by atoms with Crippen molar-refractivity contribution in [2.75, 3.05) is 0 Å². The number of unbranched alkanes of at least 4 members (excludes halogenated alkanes) is 10. The number of aromatic amines is 1. The van der Waals surface area contributed by atoms with Gasteiger partial charge in [0.05, 0.1) is 5.97 Å². The third-order valence-corrected chi connectivity index (χ3v) is 4.49. The van der Waals surface area contributed by atoms with Crippen LogP contribution in [0.4, 0.5) is 0 Å². The molecule has 1 aromatic rings. The number of carboxylic acid groups (broad SMARTS) is 1. The minimum absolute atomic E-state index is 0.228. The SMILES string of the molecule is CCCCCCCCCCCCCC(O)c1[nH]cc[n+]1CC(=O)[O-]. The largest absolute Gasteiger partial charge is 0.546 e. The Morgan fingerprint density at radius 1 is 1.08 bits per heavy atom. The zero-order valence-electron chi connectivity index (χ0n) is 15.1. The first-order valence-electron chi connectivity index (χ1n) is 9.59. The summed E-state index contributed by atoms with van der Waals surface area (Å²) in [5.74, 6) is -0.603. The van der Waals surface area contributed by atoms with Gasteiger partial charge in [-0.1, -0.05) is 77.6 Å². The number of hydrogen-bond donors (Lipinski definition) is 2. The molecular formula is C19H34N2O3. The summed E-state index contributed by atoms with van der Waals surface area (Å²) in [6, 6.07) is 0. The van der Waals surface area contributed by atoms with Gasteiger partial charge < -0.3 is 15.0 Å². The number of aliphatic hydroxyl groups excluding tert-OH is 1. The van der Waals surface area contributed by atoms with Crippen molar-refractivity contribution in [2.24, 2.45) is 0 Å². The van der Waals surface area contributed by atoms with Crippen LogP contribution in [0.5, 0.6) is 0 Å². The highest BCUT2D eigenvalue weighted by molar-refractivity contribution is 5.62. The van der Waals surface area contributed by atoms with Crippen LogP contribution in [0.1, 0.15) is 95.9 Å².